The van der Waals surface area contributed by atoms with Crippen molar-refractivity contribution in [1.82, 2.24) is 15.1 Å². The topological polar surface area (TPSA) is 116 Å². The summed E-state index contributed by atoms with van der Waals surface area (Å²) >= 11 is 5.84. The van der Waals surface area contributed by atoms with Gasteiger partial charge < -0.3 is 11.5 Å². The third-order valence-corrected chi connectivity index (χ3v) is 4.82. The van der Waals surface area contributed by atoms with E-state index < -0.39 is 27.6 Å². The standard InChI is InChI=1S/C15H18ClN3O6S.Na.H/c1-2-25-15(21)19(8-11-6-4-3-5-7-11)10-18-9-12(16)13(17-14(18)20)26(22,23)24;;/h3-7,9,13H,2,8,10H2,1H3,(H,17,20)(H,22,23,24);;/q;+1;-1. The molecule has 1 aromatic carbocycles. The molecule has 0 aromatic heterocycles. The van der Waals surface area contributed by atoms with Crippen LogP contribution >= 0.6 is 11.6 Å². The van der Waals surface area contributed by atoms with Crippen LogP contribution in [0.2, 0.25) is 0 Å². The zero-order valence-corrected chi connectivity index (χ0v) is 18.4. The number of nitrogens with zero attached hydrogens (tertiary/aromatic N) is 2. The molecule has 9 nitrogen and oxygen atoms in total. The normalized spacial score (nSPS) is 16.7. The monoisotopic (exact) mass is 427 g/mol. The third kappa shape index (κ3) is 6.66. The van der Waals surface area contributed by atoms with Gasteiger partial charge in [0, 0.05) is 6.20 Å². The van der Waals surface area contributed by atoms with Gasteiger partial charge in [-0.25, -0.2) is 9.59 Å². The number of carbonyl (C=O) groups excluding carboxylic acids is 2. The van der Waals surface area contributed by atoms with Crippen LogP contribution in [0.4, 0.5) is 9.59 Å². The van der Waals surface area contributed by atoms with Crippen LogP contribution < -0.4 is 34.9 Å². The van der Waals surface area contributed by atoms with Gasteiger partial charge in [-0.05, 0) is 12.5 Å². The molecule has 0 saturated carbocycles. The first-order valence-corrected chi connectivity index (χ1v) is 9.46. The van der Waals surface area contributed by atoms with Gasteiger partial charge >= 0.3 is 41.7 Å². The van der Waals surface area contributed by atoms with Gasteiger partial charge in [0.15, 0.2) is 5.37 Å². The molecule has 0 aliphatic carbocycles. The van der Waals surface area contributed by atoms with Crippen molar-refractivity contribution >= 4 is 33.8 Å². The third-order valence-electron chi connectivity index (χ3n) is 3.41. The summed E-state index contributed by atoms with van der Waals surface area (Å²) in [6.07, 6.45) is 0.404. The smallest absolute Gasteiger partial charge is 1.00 e. The molecule has 0 radical (unpaired) electrons. The largest absolute Gasteiger partial charge is 1.00 e. The second kappa shape index (κ2) is 10.3. The SMILES string of the molecule is CCOC(=O)N(Cc1ccccc1)CN1C=C(Cl)C(S(=O)(=O)O)NC1=O.[H-].[Na+]. The molecule has 2 N–H and O–H groups in total. The van der Waals surface area contributed by atoms with E-state index >= 15 is 0 Å². The summed E-state index contributed by atoms with van der Waals surface area (Å²) in [4.78, 5) is 26.6. The molecule has 1 aliphatic rings. The number of hydrogen-bond donors (Lipinski definition) is 2. The van der Waals surface area contributed by atoms with Gasteiger partial charge in [-0.15, -0.1) is 0 Å². The Morgan fingerprint density at radius 3 is 2.59 bits per heavy atom. The molecule has 0 saturated heterocycles. The van der Waals surface area contributed by atoms with Gasteiger partial charge in [-0.1, -0.05) is 41.9 Å². The Labute approximate surface area is 185 Å². The maximum absolute atomic E-state index is 12.2. The van der Waals surface area contributed by atoms with Crippen LogP contribution in [-0.4, -0.2) is 53.5 Å². The number of amides is 3. The average molecular weight is 428 g/mol. The fraction of sp³-hybridized carbons (Fsp3) is 0.333. The number of nitrogens with one attached hydrogen (secondary N) is 1. The van der Waals surface area contributed by atoms with Crippen LogP contribution in [0.5, 0.6) is 0 Å². The Balaban J connectivity index is 0.00000364. The minimum atomic E-state index is -4.60. The summed E-state index contributed by atoms with van der Waals surface area (Å²) in [5, 5.41) is 0.0188. The van der Waals surface area contributed by atoms with E-state index in [0.29, 0.717) is 0 Å². The van der Waals surface area contributed by atoms with Gasteiger partial charge in [-0.3, -0.25) is 14.4 Å². The van der Waals surface area contributed by atoms with E-state index in [1.165, 1.54) is 4.90 Å². The summed E-state index contributed by atoms with van der Waals surface area (Å²) in [5.41, 5.74) is 0.809. The number of urea groups is 1. The van der Waals surface area contributed by atoms with Crippen LogP contribution in [0.3, 0.4) is 0 Å². The van der Waals surface area contributed by atoms with E-state index in [1.807, 2.05) is 6.07 Å². The molecule has 2 rings (SSSR count). The molecule has 3 amide bonds. The molecule has 1 unspecified atom stereocenters. The number of halogens is 1. The first-order valence-electron chi connectivity index (χ1n) is 7.58. The maximum Gasteiger partial charge on any atom is 1.00 e. The Bertz CT molecular complexity index is 811. The molecule has 0 spiro atoms. The van der Waals surface area contributed by atoms with Crippen molar-refractivity contribution in [2.45, 2.75) is 18.8 Å². The molecular weight excluding hydrogens is 409 g/mol. The zero-order chi connectivity index (χ0) is 19.3. The van der Waals surface area contributed by atoms with Gasteiger partial charge in [0.25, 0.3) is 10.1 Å². The summed E-state index contributed by atoms with van der Waals surface area (Å²) in [6, 6.07) is 8.21. The molecule has 0 bridgehead atoms. The molecular formula is C15H19ClN3NaO6S. The second-order valence-corrected chi connectivity index (χ2v) is 7.29. The van der Waals surface area contributed by atoms with Gasteiger partial charge in [0.2, 0.25) is 0 Å². The van der Waals surface area contributed by atoms with Gasteiger partial charge in [0.1, 0.15) is 6.67 Å². The minimum Gasteiger partial charge on any atom is -1.00 e. The van der Waals surface area contributed by atoms with Crippen LogP contribution in [0.1, 0.15) is 13.9 Å². The zero-order valence-electron chi connectivity index (χ0n) is 15.8. The molecule has 1 aliphatic heterocycles. The number of rotatable bonds is 6. The summed E-state index contributed by atoms with van der Waals surface area (Å²) in [6.45, 7) is 1.74. The van der Waals surface area contributed by atoms with Gasteiger partial charge in [-0.2, -0.15) is 8.42 Å². The number of ether oxygens (including phenoxy) is 1. The Kier molecular flexibility index (Phi) is 9.06. The van der Waals surface area contributed by atoms with Gasteiger partial charge in [0.05, 0.1) is 18.2 Å². The van der Waals surface area contributed by atoms with Crippen LogP contribution in [0.15, 0.2) is 41.6 Å². The van der Waals surface area contributed by atoms with E-state index in [2.05, 4.69) is 5.32 Å². The van der Waals surface area contributed by atoms with Crippen molar-refractivity contribution in [3.63, 3.8) is 0 Å². The quantitative estimate of drug-likeness (QED) is 0.446. The first-order chi connectivity index (χ1) is 12.2. The second-order valence-electron chi connectivity index (χ2n) is 5.35. The summed E-state index contributed by atoms with van der Waals surface area (Å²) < 4.78 is 36.5. The molecule has 27 heavy (non-hydrogen) atoms. The summed E-state index contributed by atoms with van der Waals surface area (Å²) in [7, 11) is -4.60. The molecule has 1 heterocycles. The molecule has 1 atom stereocenters. The predicted molar refractivity (Wildman–Crippen MR) is 94.6 cm³/mol. The van der Waals surface area contributed by atoms with E-state index in [4.69, 9.17) is 20.9 Å². The fourth-order valence-electron chi connectivity index (χ4n) is 2.24. The molecule has 1 aromatic rings. The van der Waals surface area contributed by atoms with Crippen molar-refractivity contribution in [3.05, 3.63) is 47.1 Å². The Morgan fingerprint density at radius 1 is 1.41 bits per heavy atom. The van der Waals surface area contributed by atoms with Crippen molar-refractivity contribution in [2.24, 2.45) is 0 Å². The van der Waals surface area contributed by atoms with Crippen LogP contribution in [0, 0.1) is 0 Å². The predicted octanol–water partition coefficient (Wildman–Crippen LogP) is -0.962. The number of carbonyl (C=O) groups is 2. The van der Waals surface area contributed by atoms with E-state index in [0.717, 1.165) is 16.7 Å². The van der Waals surface area contributed by atoms with Crippen molar-refractivity contribution in [2.75, 3.05) is 13.3 Å². The van der Waals surface area contributed by atoms with Crippen LogP contribution in [-0.2, 0) is 21.4 Å². The number of benzene rings is 1. The molecule has 12 heteroatoms. The van der Waals surface area contributed by atoms with E-state index in [-0.39, 0.29) is 55.8 Å². The van der Waals surface area contributed by atoms with Crippen molar-refractivity contribution in [3.8, 4) is 0 Å². The first kappa shape index (κ1) is 23.7. The van der Waals surface area contributed by atoms with Crippen molar-refractivity contribution < 1.29 is 58.3 Å². The summed E-state index contributed by atoms with van der Waals surface area (Å²) in [5.74, 6) is 0. The molecule has 0 fully saturated rings. The minimum absolute atomic E-state index is 0. The van der Waals surface area contributed by atoms with E-state index in [9.17, 15) is 18.0 Å². The Morgan fingerprint density at radius 2 is 2.04 bits per heavy atom. The Hall–Kier alpha value is -1.30. The number of hydrogen-bond acceptors (Lipinski definition) is 5. The average Bonchev–Trinajstić information content (AvgIpc) is 2.57. The maximum atomic E-state index is 12.2. The van der Waals surface area contributed by atoms with Crippen molar-refractivity contribution in [1.29, 1.82) is 0 Å². The van der Waals surface area contributed by atoms with E-state index in [1.54, 1.807) is 31.2 Å². The molecule has 144 valence electrons. The fourth-order valence-corrected chi connectivity index (χ4v) is 3.34. The van der Waals surface area contributed by atoms with Crippen LogP contribution in [0.25, 0.3) is 0 Å².